The molecule has 2 aromatic rings. The third kappa shape index (κ3) is 4.82. The molecule has 0 saturated carbocycles. The van der Waals surface area contributed by atoms with Crippen molar-refractivity contribution in [3.63, 3.8) is 0 Å². The minimum Gasteiger partial charge on any atom is -0.268 e. The Hall–Kier alpha value is -1.82. The summed E-state index contributed by atoms with van der Waals surface area (Å²) in [4.78, 5) is 12.0. The van der Waals surface area contributed by atoms with E-state index in [9.17, 15) is 13.2 Å². The zero-order chi connectivity index (χ0) is 17.0. The lowest BCUT2D eigenvalue weighted by atomic mass is 10.1. The maximum atomic E-state index is 12.0. The molecule has 4 nitrogen and oxygen atoms in total. The highest BCUT2D eigenvalue weighted by Gasteiger charge is 2.16. The van der Waals surface area contributed by atoms with Crippen molar-refractivity contribution in [2.75, 3.05) is 0 Å². The minimum atomic E-state index is -3.94. The van der Waals surface area contributed by atoms with Gasteiger partial charge in [-0.2, -0.15) is 0 Å². The van der Waals surface area contributed by atoms with Crippen LogP contribution in [0.3, 0.4) is 0 Å². The average Bonchev–Trinajstić information content (AvgIpc) is 2.45. The molecule has 0 aromatic heterocycles. The van der Waals surface area contributed by atoms with E-state index in [0.717, 1.165) is 16.5 Å². The number of carbonyl (C=O) groups is 1. The molecule has 0 aliphatic rings. The fourth-order valence-electron chi connectivity index (χ4n) is 1.83. The van der Waals surface area contributed by atoms with Gasteiger partial charge in [0, 0.05) is 5.02 Å². The summed E-state index contributed by atoms with van der Waals surface area (Å²) in [7, 11) is -3.94. The zero-order valence-electron chi connectivity index (χ0n) is 12.1. The molecule has 0 fully saturated rings. The van der Waals surface area contributed by atoms with Gasteiger partial charge >= 0.3 is 0 Å². The van der Waals surface area contributed by atoms with Crippen LogP contribution in [0.4, 0.5) is 0 Å². The molecule has 0 unspecified atom stereocenters. The monoisotopic (exact) mass is 369 g/mol. The number of amides is 1. The van der Waals surface area contributed by atoms with Crippen molar-refractivity contribution < 1.29 is 13.2 Å². The second-order valence-corrected chi connectivity index (χ2v) is 7.17. The van der Waals surface area contributed by atoms with Gasteiger partial charge in [-0.1, -0.05) is 47.5 Å². The fourth-order valence-corrected chi connectivity index (χ4v) is 3.08. The first-order valence-electron chi connectivity index (χ1n) is 6.54. The van der Waals surface area contributed by atoms with E-state index in [1.807, 2.05) is 23.8 Å². The predicted octanol–water partition coefficient (Wildman–Crippen LogP) is 4.03. The average molecular weight is 370 g/mol. The Labute approximate surface area is 144 Å². The van der Waals surface area contributed by atoms with Gasteiger partial charge in [0.05, 0.1) is 16.0 Å². The first-order valence-corrected chi connectivity index (χ1v) is 8.84. The van der Waals surface area contributed by atoms with E-state index in [1.165, 1.54) is 24.3 Å². The Bertz CT molecular complexity index is 877. The largest absolute Gasteiger partial charge is 0.268 e. The number of sulfonamides is 1. The van der Waals surface area contributed by atoms with E-state index in [4.69, 9.17) is 23.2 Å². The second-order valence-electron chi connectivity index (χ2n) is 4.76. The maximum absolute atomic E-state index is 12.0. The topological polar surface area (TPSA) is 63.2 Å². The van der Waals surface area contributed by atoms with Crippen LogP contribution < -0.4 is 4.72 Å². The molecule has 1 amide bonds. The van der Waals surface area contributed by atoms with E-state index >= 15 is 0 Å². The van der Waals surface area contributed by atoms with Crippen molar-refractivity contribution in [3.05, 3.63) is 74.6 Å². The van der Waals surface area contributed by atoms with E-state index in [2.05, 4.69) is 0 Å². The molecule has 0 aliphatic carbocycles. The van der Waals surface area contributed by atoms with Crippen LogP contribution in [0.25, 0.3) is 6.08 Å². The Morgan fingerprint density at radius 3 is 2.48 bits per heavy atom. The number of hydrogen-bond acceptors (Lipinski definition) is 3. The standard InChI is InChI=1S/C16H13Cl2NO3S/c1-11-4-2-3-5-12(11)8-9-23(21,22)19-16(20)14-7-6-13(17)10-15(14)18/h2-10H,1H3,(H,19,20). The molecule has 0 spiro atoms. The lowest BCUT2D eigenvalue weighted by molar-refractivity contribution is 0.0982. The second kappa shape index (κ2) is 7.17. The molecule has 2 rings (SSSR count). The first-order chi connectivity index (χ1) is 10.8. The third-order valence-corrected chi connectivity index (χ3v) is 4.54. The maximum Gasteiger partial charge on any atom is 0.266 e. The van der Waals surface area contributed by atoms with E-state index in [1.54, 1.807) is 12.1 Å². The van der Waals surface area contributed by atoms with Crippen molar-refractivity contribution in [2.24, 2.45) is 0 Å². The summed E-state index contributed by atoms with van der Waals surface area (Å²) in [5.74, 6) is -0.818. The van der Waals surface area contributed by atoms with Crippen molar-refractivity contribution in [2.45, 2.75) is 6.92 Å². The smallest absolute Gasteiger partial charge is 0.266 e. The number of hydrogen-bond donors (Lipinski definition) is 1. The molecule has 2 aromatic carbocycles. The number of halogens is 2. The van der Waals surface area contributed by atoms with Crippen LogP contribution in [0.1, 0.15) is 21.5 Å². The van der Waals surface area contributed by atoms with Crippen LogP contribution in [0.5, 0.6) is 0 Å². The number of benzene rings is 2. The fraction of sp³-hybridized carbons (Fsp3) is 0.0625. The van der Waals surface area contributed by atoms with Gasteiger partial charge in [-0.3, -0.25) is 4.79 Å². The normalized spacial score (nSPS) is 11.6. The van der Waals surface area contributed by atoms with Crippen LogP contribution in [-0.2, 0) is 10.0 Å². The summed E-state index contributed by atoms with van der Waals surface area (Å²) in [5.41, 5.74) is 1.70. The highest BCUT2D eigenvalue weighted by Crippen LogP contribution is 2.21. The molecular formula is C16H13Cl2NO3S. The highest BCUT2D eigenvalue weighted by molar-refractivity contribution is 7.93. The number of aryl methyl sites for hydroxylation is 1. The molecule has 1 N–H and O–H groups in total. The number of carbonyl (C=O) groups excluding carboxylic acids is 1. The SMILES string of the molecule is Cc1ccccc1C=CS(=O)(=O)NC(=O)c1ccc(Cl)cc1Cl. The first kappa shape index (κ1) is 17.5. The van der Waals surface area contributed by atoms with E-state index in [-0.39, 0.29) is 10.6 Å². The summed E-state index contributed by atoms with van der Waals surface area (Å²) in [6, 6.07) is 11.5. The molecule has 0 aliphatic heterocycles. The number of nitrogens with one attached hydrogen (secondary N) is 1. The summed E-state index contributed by atoms with van der Waals surface area (Å²) in [5, 5.41) is 1.37. The van der Waals surface area contributed by atoms with Crippen molar-refractivity contribution in [3.8, 4) is 0 Å². The molecular weight excluding hydrogens is 357 g/mol. The summed E-state index contributed by atoms with van der Waals surface area (Å²) < 4.78 is 25.9. The van der Waals surface area contributed by atoms with E-state index < -0.39 is 15.9 Å². The molecule has 0 saturated heterocycles. The molecule has 0 heterocycles. The van der Waals surface area contributed by atoms with Gasteiger partial charge in [-0.25, -0.2) is 13.1 Å². The van der Waals surface area contributed by atoms with E-state index in [0.29, 0.717) is 5.02 Å². The lowest BCUT2D eigenvalue weighted by Gasteiger charge is -2.06. The zero-order valence-corrected chi connectivity index (χ0v) is 14.4. The molecule has 0 bridgehead atoms. The summed E-state index contributed by atoms with van der Waals surface area (Å²) in [6.07, 6.45) is 1.43. The van der Waals surface area contributed by atoms with Crippen LogP contribution in [0, 0.1) is 6.92 Å². The molecule has 120 valence electrons. The summed E-state index contributed by atoms with van der Waals surface area (Å²) >= 11 is 11.6. The number of rotatable bonds is 4. The van der Waals surface area contributed by atoms with Gasteiger partial charge in [-0.05, 0) is 42.3 Å². The Kier molecular flexibility index (Phi) is 5.46. The minimum absolute atomic E-state index is 0.0314. The highest BCUT2D eigenvalue weighted by atomic mass is 35.5. The molecule has 0 radical (unpaired) electrons. The van der Waals surface area contributed by atoms with Crippen LogP contribution >= 0.6 is 23.2 Å². The van der Waals surface area contributed by atoms with Gasteiger partial charge in [0.1, 0.15) is 0 Å². The van der Waals surface area contributed by atoms with Crippen LogP contribution in [0.15, 0.2) is 47.9 Å². The Morgan fingerprint density at radius 1 is 1.13 bits per heavy atom. The lowest BCUT2D eigenvalue weighted by Crippen LogP contribution is -2.29. The van der Waals surface area contributed by atoms with Crippen LogP contribution in [0.2, 0.25) is 10.0 Å². The van der Waals surface area contributed by atoms with Crippen molar-refractivity contribution in [1.82, 2.24) is 4.72 Å². The van der Waals surface area contributed by atoms with Crippen LogP contribution in [-0.4, -0.2) is 14.3 Å². The Balaban J connectivity index is 2.18. The molecule has 7 heteroatoms. The summed E-state index contributed by atoms with van der Waals surface area (Å²) in [6.45, 7) is 1.86. The third-order valence-electron chi connectivity index (χ3n) is 3.03. The predicted molar refractivity (Wildman–Crippen MR) is 93.1 cm³/mol. The Morgan fingerprint density at radius 2 is 1.83 bits per heavy atom. The van der Waals surface area contributed by atoms with Gasteiger partial charge in [-0.15, -0.1) is 0 Å². The van der Waals surface area contributed by atoms with Gasteiger partial charge in [0.2, 0.25) is 0 Å². The van der Waals surface area contributed by atoms with Crippen molar-refractivity contribution in [1.29, 1.82) is 0 Å². The molecule has 0 atom stereocenters. The van der Waals surface area contributed by atoms with Gasteiger partial charge < -0.3 is 0 Å². The molecule has 23 heavy (non-hydrogen) atoms. The van der Waals surface area contributed by atoms with Crippen molar-refractivity contribution >= 4 is 45.2 Å². The van der Waals surface area contributed by atoms with Gasteiger partial charge in [0.25, 0.3) is 15.9 Å². The quantitative estimate of drug-likeness (QED) is 0.884. The van der Waals surface area contributed by atoms with Gasteiger partial charge in [0.15, 0.2) is 0 Å².